The van der Waals surface area contributed by atoms with Crippen molar-refractivity contribution in [2.75, 3.05) is 0 Å². The molecule has 0 unspecified atom stereocenters. The van der Waals surface area contributed by atoms with Crippen LogP contribution in [-0.4, -0.2) is 20.2 Å². The van der Waals surface area contributed by atoms with Crippen LogP contribution in [-0.2, 0) is 0 Å². The van der Waals surface area contributed by atoms with Gasteiger partial charge in [-0.1, -0.05) is 29.8 Å². The predicted molar refractivity (Wildman–Crippen MR) is 54.4 cm³/mol. The molecule has 2 N–H and O–H groups in total. The van der Waals surface area contributed by atoms with Crippen molar-refractivity contribution < 1.29 is 10.2 Å². The van der Waals surface area contributed by atoms with Gasteiger partial charge in [0, 0.05) is 5.56 Å². The van der Waals surface area contributed by atoms with E-state index in [1.54, 1.807) is 0 Å². The number of nitrogens with zero attached hydrogens (tertiary/aromatic N) is 2. The zero-order valence-corrected chi connectivity index (χ0v) is 8.10. The average Bonchev–Trinajstić information content (AvgIpc) is 2.23. The molecule has 0 aliphatic rings. The first-order chi connectivity index (χ1) is 7.16. The summed E-state index contributed by atoms with van der Waals surface area (Å²) in [6.07, 6.45) is 2.27. The number of aromatic nitrogens is 2. The lowest BCUT2D eigenvalue weighted by molar-refractivity contribution is 0.385. The topological polar surface area (TPSA) is 66.2 Å². The maximum Gasteiger partial charge on any atom is 0.258 e. The Bertz CT molecular complexity index is 480. The number of benzene rings is 1. The lowest BCUT2D eigenvalue weighted by atomic mass is 10.1. The lowest BCUT2D eigenvalue weighted by Crippen LogP contribution is -1.89. The van der Waals surface area contributed by atoms with E-state index in [1.165, 1.54) is 0 Å². The zero-order chi connectivity index (χ0) is 10.8. The van der Waals surface area contributed by atoms with Gasteiger partial charge in [0.1, 0.15) is 6.20 Å². The van der Waals surface area contributed by atoms with Gasteiger partial charge in [0.2, 0.25) is 5.75 Å². The van der Waals surface area contributed by atoms with Crippen LogP contribution in [0.5, 0.6) is 11.6 Å². The Morgan fingerprint density at radius 2 is 1.80 bits per heavy atom. The fraction of sp³-hybridized carbons (Fsp3) is 0.0909. The molecule has 2 aromatic rings. The molecule has 0 saturated heterocycles. The highest BCUT2D eigenvalue weighted by Gasteiger charge is 2.06. The van der Waals surface area contributed by atoms with Gasteiger partial charge in [0.15, 0.2) is 5.82 Å². The second-order valence-electron chi connectivity index (χ2n) is 3.20. The summed E-state index contributed by atoms with van der Waals surface area (Å²) in [4.78, 5) is 7.53. The third kappa shape index (κ3) is 1.88. The first-order valence-electron chi connectivity index (χ1n) is 4.41. The molecule has 15 heavy (non-hydrogen) atoms. The SMILES string of the molecule is Cc1ccc(-c2n[c]c(O)c(O)n2)cc1. The van der Waals surface area contributed by atoms with Crippen molar-refractivity contribution in [1.82, 2.24) is 9.97 Å². The van der Waals surface area contributed by atoms with E-state index in [-0.39, 0.29) is 0 Å². The molecule has 4 heteroatoms. The monoisotopic (exact) mass is 201 g/mol. The van der Waals surface area contributed by atoms with Crippen LogP contribution >= 0.6 is 0 Å². The highest BCUT2D eigenvalue weighted by Crippen LogP contribution is 2.23. The van der Waals surface area contributed by atoms with Gasteiger partial charge in [-0.2, -0.15) is 4.98 Å². The minimum absolute atomic E-state index is 0.338. The summed E-state index contributed by atoms with van der Waals surface area (Å²) in [6.45, 7) is 1.98. The average molecular weight is 201 g/mol. The van der Waals surface area contributed by atoms with Crippen molar-refractivity contribution in [2.24, 2.45) is 0 Å². The van der Waals surface area contributed by atoms with E-state index in [9.17, 15) is 5.11 Å². The fourth-order valence-corrected chi connectivity index (χ4v) is 1.17. The molecule has 0 spiro atoms. The molecule has 2 rings (SSSR count). The largest absolute Gasteiger partial charge is 0.502 e. The minimum atomic E-state index is -0.458. The Labute approximate surface area is 86.9 Å². The van der Waals surface area contributed by atoms with E-state index in [0.717, 1.165) is 11.1 Å². The Morgan fingerprint density at radius 3 is 2.40 bits per heavy atom. The minimum Gasteiger partial charge on any atom is -0.502 e. The quantitative estimate of drug-likeness (QED) is 0.736. The molecule has 0 amide bonds. The molecule has 0 fully saturated rings. The Balaban J connectivity index is 2.45. The summed E-state index contributed by atoms with van der Waals surface area (Å²) < 4.78 is 0. The van der Waals surface area contributed by atoms with Gasteiger partial charge in [-0.3, -0.25) is 0 Å². The molecule has 0 aliphatic heterocycles. The highest BCUT2D eigenvalue weighted by atomic mass is 16.3. The van der Waals surface area contributed by atoms with Gasteiger partial charge >= 0.3 is 0 Å². The maximum atomic E-state index is 9.18. The lowest BCUT2D eigenvalue weighted by Gasteiger charge is -2.01. The van der Waals surface area contributed by atoms with E-state index >= 15 is 0 Å². The van der Waals surface area contributed by atoms with Crippen LogP contribution in [0.1, 0.15) is 5.56 Å². The van der Waals surface area contributed by atoms with Gasteiger partial charge < -0.3 is 10.2 Å². The Kier molecular flexibility index (Phi) is 2.25. The van der Waals surface area contributed by atoms with E-state index in [4.69, 9.17) is 5.11 Å². The third-order valence-electron chi connectivity index (χ3n) is 2.00. The van der Waals surface area contributed by atoms with Gasteiger partial charge in [-0.05, 0) is 6.92 Å². The summed E-state index contributed by atoms with van der Waals surface area (Å²) in [5.41, 5.74) is 1.90. The highest BCUT2D eigenvalue weighted by molar-refractivity contribution is 5.56. The van der Waals surface area contributed by atoms with Crippen molar-refractivity contribution in [3.05, 3.63) is 36.0 Å². The Hall–Kier alpha value is -2.10. The van der Waals surface area contributed by atoms with Gasteiger partial charge in [-0.15, -0.1) is 0 Å². The molecule has 1 aromatic heterocycles. The third-order valence-corrected chi connectivity index (χ3v) is 2.00. The molecule has 4 nitrogen and oxygen atoms in total. The standard InChI is InChI=1S/C11H9N2O2/c1-7-2-4-8(5-3-7)10-12-6-9(14)11(15)13-10/h2-5,14H,1H3,(H,12,13,15). The second kappa shape index (κ2) is 3.57. The molecule has 1 heterocycles. The normalized spacial score (nSPS) is 10.2. The summed E-state index contributed by atoms with van der Waals surface area (Å²) in [5.74, 6) is -0.559. The molecule has 0 aliphatic carbocycles. The van der Waals surface area contributed by atoms with E-state index in [2.05, 4.69) is 16.2 Å². The van der Waals surface area contributed by atoms with Gasteiger partial charge in [-0.25, -0.2) is 4.98 Å². The van der Waals surface area contributed by atoms with Crippen LogP contribution in [0.3, 0.4) is 0 Å². The smallest absolute Gasteiger partial charge is 0.258 e. The Morgan fingerprint density at radius 1 is 1.13 bits per heavy atom. The molecule has 0 bridgehead atoms. The number of aromatic hydroxyl groups is 2. The number of aryl methyl sites for hydroxylation is 1. The molecular weight excluding hydrogens is 192 g/mol. The predicted octanol–water partition coefficient (Wildman–Crippen LogP) is 1.66. The molecule has 1 radical (unpaired) electrons. The molecule has 75 valence electrons. The van der Waals surface area contributed by atoms with Gasteiger partial charge in [0.25, 0.3) is 5.88 Å². The summed E-state index contributed by atoms with van der Waals surface area (Å²) >= 11 is 0. The molecule has 1 aromatic carbocycles. The van der Waals surface area contributed by atoms with Crippen LogP contribution < -0.4 is 0 Å². The van der Waals surface area contributed by atoms with Crippen molar-refractivity contribution in [3.8, 4) is 23.0 Å². The first kappa shape index (κ1) is 9.45. The van der Waals surface area contributed by atoms with Crippen molar-refractivity contribution >= 4 is 0 Å². The van der Waals surface area contributed by atoms with Gasteiger partial charge in [0.05, 0.1) is 0 Å². The van der Waals surface area contributed by atoms with E-state index < -0.39 is 11.6 Å². The number of rotatable bonds is 1. The molecule has 0 saturated carbocycles. The molecular formula is C11H9N2O2. The van der Waals surface area contributed by atoms with Crippen LogP contribution in [0.4, 0.5) is 0 Å². The fourth-order valence-electron chi connectivity index (χ4n) is 1.17. The van der Waals surface area contributed by atoms with E-state index in [0.29, 0.717) is 5.82 Å². The van der Waals surface area contributed by atoms with E-state index in [1.807, 2.05) is 31.2 Å². The number of hydrogen-bond acceptors (Lipinski definition) is 4. The second-order valence-corrected chi connectivity index (χ2v) is 3.20. The van der Waals surface area contributed by atoms with Crippen LogP contribution in [0.2, 0.25) is 0 Å². The summed E-state index contributed by atoms with van der Waals surface area (Å²) in [5, 5.41) is 18.2. The molecule has 0 atom stereocenters. The van der Waals surface area contributed by atoms with Crippen LogP contribution in [0.15, 0.2) is 24.3 Å². The van der Waals surface area contributed by atoms with Crippen LogP contribution in [0, 0.1) is 13.1 Å². The van der Waals surface area contributed by atoms with Crippen LogP contribution in [0.25, 0.3) is 11.4 Å². The summed E-state index contributed by atoms with van der Waals surface area (Å²) in [6, 6.07) is 7.52. The van der Waals surface area contributed by atoms with Crippen molar-refractivity contribution in [2.45, 2.75) is 6.92 Å². The summed E-state index contributed by atoms with van der Waals surface area (Å²) in [7, 11) is 0. The zero-order valence-electron chi connectivity index (χ0n) is 8.10. The number of hydrogen-bond donors (Lipinski definition) is 2. The van der Waals surface area contributed by atoms with Crippen molar-refractivity contribution in [3.63, 3.8) is 0 Å². The van der Waals surface area contributed by atoms with Crippen molar-refractivity contribution in [1.29, 1.82) is 0 Å². The maximum absolute atomic E-state index is 9.18. The first-order valence-corrected chi connectivity index (χ1v) is 4.41.